The zero-order valence-corrected chi connectivity index (χ0v) is 26.4. The van der Waals surface area contributed by atoms with E-state index in [9.17, 15) is 22.0 Å². The van der Waals surface area contributed by atoms with Gasteiger partial charge in [0.2, 0.25) is 15.9 Å². The Labute approximate surface area is 271 Å². The maximum Gasteiger partial charge on any atom is 0.255 e. The number of carbonyl (C=O) groups is 1. The predicted molar refractivity (Wildman–Crippen MR) is 174 cm³/mol. The van der Waals surface area contributed by atoms with Crippen LogP contribution in [0.5, 0.6) is 0 Å². The highest BCUT2D eigenvalue weighted by Gasteiger charge is 2.27. The quantitative estimate of drug-likeness (QED) is 0.207. The summed E-state index contributed by atoms with van der Waals surface area (Å²) in [6, 6.07) is 18.4. The average molecular weight is 670 g/mol. The smallest absolute Gasteiger partial charge is 0.255 e. The van der Waals surface area contributed by atoms with Crippen LogP contribution in [0.2, 0.25) is 0 Å². The second-order valence-electron chi connectivity index (χ2n) is 11.0. The van der Waals surface area contributed by atoms with Crippen molar-refractivity contribution in [1.29, 1.82) is 0 Å². The second kappa shape index (κ2) is 11.7. The number of sulfonamides is 1. The number of aromatic nitrogens is 5. The van der Waals surface area contributed by atoms with Crippen molar-refractivity contribution in [2.24, 2.45) is 0 Å². The fraction of sp³-hybridized carbons (Fsp3) is 0.121. The first-order valence-corrected chi connectivity index (χ1v) is 16.3. The summed E-state index contributed by atoms with van der Waals surface area (Å²) < 4.78 is 67.5. The number of aromatic amines is 1. The number of oxazole rings is 1. The van der Waals surface area contributed by atoms with Gasteiger partial charge >= 0.3 is 0 Å². The van der Waals surface area contributed by atoms with Gasteiger partial charge in [-0.3, -0.25) is 9.10 Å². The fourth-order valence-corrected chi connectivity index (χ4v) is 6.02. The molecule has 0 fully saturated rings. The van der Waals surface area contributed by atoms with Crippen LogP contribution in [-0.4, -0.2) is 60.3 Å². The van der Waals surface area contributed by atoms with E-state index in [0.717, 1.165) is 10.6 Å². The number of rotatable bonds is 8. The highest BCUT2D eigenvalue weighted by molar-refractivity contribution is 7.92. The Morgan fingerprint density at radius 3 is 2.42 bits per heavy atom. The van der Waals surface area contributed by atoms with E-state index in [-0.39, 0.29) is 46.0 Å². The molecule has 0 aliphatic rings. The number of para-hydroxylation sites is 1. The summed E-state index contributed by atoms with van der Waals surface area (Å²) in [5.74, 6) is -0.808. The molecule has 15 heteroatoms. The minimum Gasteiger partial charge on any atom is -0.455 e. The number of nitrogens with zero attached hydrogens (tertiary/aromatic N) is 5. The summed E-state index contributed by atoms with van der Waals surface area (Å²) in [6.45, 7) is 0. The van der Waals surface area contributed by atoms with E-state index in [1.807, 2.05) is 0 Å². The Balaban J connectivity index is 1.50. The zero-order valence-electron chi connectivity index (χ0n) is 25.6. The minimum atomic E-state index is -3.79. The molecular formula is C33H25F2N7O5S. The standard InChI is InChI=1S/C33H25F2N7O5S/c1-36-32(43)29-23-15-21(25(42(2)48(3,44)45)16-27(23)46-31(29)17-9-11-20(34)12-10-17)18-7-8-19(14-28-38-40-41-39-28)22(13-18)33-37-30-24(35)5-4-6-26(30)47-33/h4-13,15-16H,14H2,1-3H3,(H,36,43)(H,38,39,40,41). The molecule has 0 unspecified atom stereocenters. The summed E-state index contributed by atoms with van der Waals surface area (Å²) in [5.41, 5.74) is 3.45. The number of fused-ring (bicyclic) bond motifs is 2. The normalized spacial score (nSPS) is 11.8. The number of nitrogens with one attached hydrogen (secondary N) is 2. The van der Waals surface area contributed by atoms with Gasteiger partial charge in [0.25, 0.3) is 5.91 Å². The molecule has 0 saturated carbocycles. The minimum absolute atomic E-state index is 0.0456. The fourth-order valence-electron chi connectivity index (χ4n) is 5.51. The summed E-state index contributed by atoms with van der Waals surface area (Å²) in [6.07, 6.45) is 1.28. The number of anilines is 1. The predicted octanol–water partition coefficient (Wildman–Crippen LogP) is 5.71. The molecule has 0 atom stereocenters. The van der Waals surface area contributed by atoms with Crippen LogP contribution in [0.15, 0.2) is 81.6 Å². The monoisotopic (exact) mass is 669 g/mol. The highest BCUT2D eigenvalue weighted by atomic mass is 32.2. The van der Waals surface area contributed by atoms with Crippen LogP contribution in [-0.2, 0) is 16.4 Å². The van der Waals surface area contributed by atoms with Crippen molar-refractivity contribution in [2.75, 3.05) is 24.7 Å². The lowest BCUT2D eigenvalue weighted by Crippen LogP contribution is -2.25. The van der Waals surface area contributed by atoms with Gasteiger partial charge in [-0.2, -0.15) is 5.21 Å². The second-order valence-corrected chi connectivity index (χ2v) is 13.0. The van der Waals surface area contributed by atoms with Gasteiger partial charge in [0, 0.05) is 48.7 Å². The van der Waals surface area contributed by atoms with Crippen LogP contribution < -0.4 is 9.62 Å². The number of carbonyl (C=O) groups excluding carboxylic acids is 1. The van der Waals surface area contributed by atoms with Crippen LogP contribution in [0.4, 0.5) is 14.5 Å². The number of halogens is 2. The summed E-state index contributed by atoms with van der Waals surface area (Å²) in [5, 5.41) is 17.2. The third-order valence-corrected chi connectivity index (χ3v) is 9.15. The Kier molecular flexibility index (Phi) is 7.47. The van der Waals surface area contributed by atoms with Crippen LogP contribution in [0, 0.1) is 11.6 Å². The van der Waals surface area contributed by atoms with Crippen molar-refractivity contribution in [3.63, 3.8) is 0 Å². The van der Waals surface area contributed by atoms with Crippen LogP contribution in [0.1, 0.15) is 21.7 Å². The molecule has 3 aromatic heterocycles. The molecular weight excluding hydrogens is 644 g/mol. The van der Waals surface area contributed by atoms with Crippen molar-refractivity contribution < 1.29 is 30.8 Å². The van der Waals surface area contributed by atoms with Crippen molar-refractivity contribution >= 4 is 43.7 Å². The first-order valence-electron chi connectivity index (χ1n) is 14.5. The lowest BCUT2D eigenvalue weighted by atomic mass is 9.94. The molecule has 0 aliphatic heterocycles. The van der Waals surface area contributed by atoms with Gasteiger partial charge in [-0.25, -0.2) is 22.2 Å². The third kappa shape index (κ3) is 5.43. The van der Waals surface area contributed by atoms with Crippen molar-refractivity contribution in [3.8, 4) is 33.9 Å². The summed E-state index contributed by atoms with van der Waals surface area (Å²) in [7, 11) is -0.918. The molecule has 3 heterocycles. The number of hydrogen-bond acceptors (Lipinski definition) is 9. The SMILES string of the molecule is CNC(=O)c1c(-c2ccc(F)cc2)oc2cc(N(C)S(C)(=O)=O)c(-c3ccc(Cc4nn[nH]n4)c(-c4nc5c(F)cccc5o4)c3)cc12. The number of amides is 1. The Bertz CT molecular complexity index is 2460. The van der Waals surface area contributed by atoms with Crippen molar-refractivity contribution in [3.05, 3.63) is 101 Å². The van der Waals surface area contributed by atoms with Crippen molar-refractivity contribution in [1.82, 2.24) is 30.9 Å². The molecule has 48 heavy (non-hydrogen) atoms. The molecule has 12 nitrogen and oxygen atoms in total. The molecule has 0 saturated heterocycles. The number of H-pyrrole nitrogens is 1. The average Bonchev–Trinajstić information content (AvgIpc) is 3.83. The molecule has 0 aliphatic carbocycles. The maximum absolute atomic E-state index is 14.7. The molecule has 7 rings (SSSR count). The van der Waals surface area contributed by atoms with E-state index in [0.29, 0.717) is 39.0 Å². The number of furan rings is 1. The first kappa shape index (κ1) is 30.7. The van der Waals surface area contributed by atoms with Crippen LogP contribution in [0.25, 0.3) is 56.0 Å². The maximum atomic E-state index is 14.7. The molecule has 242 valence electrons. The van der Waals surface area contributed by atoms with E-state index < -0.39 is 27.6 Å². The number of tetrazole rings is 1. The van der Waals surface area contributed by atoms with E-state index in [2.05, 4.69) is 30.9 Å². The highest BCUT2D eigenvalue weighted by Crippen LogP contribution is 2.43. The molecule has 0 spiro atoms. The number of hydrogen-bond donors (Lipinski definition) is 2. The van der Waals surface area contributed by atoms with Gasteiger partial charge in [0.15, 0.2) is 17.2 Å². The number of benzene rings is 4. The molecule has 2 N–H and O–H groups in total. The van der Waals surface area contributed by atoms with Gasteiger partial charge in [-0.1, -0.05) is 23.4 Å². The molecule has 0 radical (unpaired) electrons. The van der Waals surface area contributed by atoms with Crippen LogP contribution >= 0.6 is 0 Å². The topological polar surface area (TPSA) is 160 Å². The van der Waals surface area contributed by atoms with Gasteiger partial charge in [-0.15, -0.1) is 10.2 Å². The van der Waals surface area contributed by atoms with E-state index in [1.165, 1.54) is 56.6 Å². The van der Waals surface area contributed by atoms with E-state index in [1.54, 1.807) is 30.3 Å². The van der Waals surface area contributed by atoms with Gasteiger partial charge in [-0.05, 0) is 59.7 Å². The summed E-state index contributed by atoms with van der Waals surface area (Å²) >= 11 is 0. The molecule has 0 bridgehead atoms. The van der Waals surface area contributed by atoms with E-state index in [4.69, 9.17) is 8.83 Å². The van der Waals surface area contributed by atoms with E-state index >= 15 is 0 Å². The molecule has 7 aromatic rings. The largest absolute Gasteiger partial charge is 0.455 e. The van der Waals surface area contributed by atoms with Crippen LogP contribution in [0.3, 0.4) is 0 Å². The van der Waals surface area contributed by atoms with Gasteiger partial charge < -0.3 is 14.2 Å². The lowest BCUT2D eigenvalue weighted by Gasteiger charge is -2.21. The molecule has 4 aromatic carbocycles. The van der Waals surface area contributed by atoms with Crippen molar-refractivity contribution in [2.45, 2.75) is 6.42 Å². The van der Waals surface area contributed by atoms with Gasteiger partial charge in [0.05, 0.1) is 17.5 Å². The first-order chi connectivity index (χ1) is 23.0. The molecule has 1 amide bonds. The summed E-state index contributed by atoms with van der Waals surface area (Å²) in [4.78, 5) is 17.7. The Hall–Kier alpha value is -5.96. The Morgan fingerprint density at radius 1 is 0.958 bits per heavy atom. The zero-order chi connectivity index (χ0) is 33.7. The third-order valence-electron chi connectivity index (χ3n) is 7.96. The lowest BCUT2D eigenvalue weighted by molar-refractivity contribution is 0.0964. The Morgan fingerprint density at radius 2 is 1.73 bits per heavy atom. The van der Waals surface area contributed by atoms with Gasteiger partial charge in [0.1, 0.15) is 22.7 Å².